The Bertz CT molecular complexity index is 533. The van der Waals surface area contributed by atoms with E-state index in [-0.39, 0.29) is 0 Å². The number of rotatable bonds is 6. The molecule has 1 saturated carbocycles. The lowest BCUT2D eigenvalue weighted by atomic mass is 10.0. The Kier molecular flexibility index (Phi) is 6.28. The van der Waals surface area contributed by atoms with Crippen molar-refractivity contribution in [3.05, 3.63) is 18.2 Å². The molecule has 0 aromatic heterocycles. The van der Waals surface area contributed by atoms with Crippen molar-refractivity contribution in [1.82, 2.24) is 5.32 Å². The molecule has 126 valence electrons. The number of benzene rings is 1. The summed E-state index contributed by atoms with van der Waals surface area (Å²) in [5.41, 5.74) is 0.920. The van der Waals surface area contributed by atoms with Crippen LogP contribution in [-0.2, 0) is 0 Å². The number of thioether (sulfide) groups is 1. The number of anilines is 1. The molecule has 1 heterocycles. The molecular weight excluding hydrogens is 328 g/mol. The van der Waals surface area contributed by atoms with E-state index in [1.54, 1.807) is 0 Å². The molecule has 1 aliphatic heterocycles. The monoisotopic (exact) mass is 352 g/mol. The van der Waals surface area contributed by atoms with Crippen LogP contribution < -0.4 is 20.1 Å². The summed E-state index contributed by atoms with van der Waals surface area (Å²) in [7, 11) is 0. The standard InChI is InChI=1S/C17H24N2O2S2/c22-17(18-9-4-10-23-14-5-2-1-3-6-14)19-13-7-8-15-16(11-13)21-12-20-15/h7-8,11,14H,1-6,9-10,12H2,(H2,18,19,22). The molecule has 2 aliphatic rings. The summed E-state index contributed by atoms with van der Waals surface area (Å²) in [5, 5.41) is 8.01. The van der Waals surface area contributed by atoms with E-state index in [2.05, 4.69) is 22.4 Å². The van der Waals surface area contributed by atoms with Gasteiger partial charge in [-0.05, 0) is 49.4 Å². The fraction of sp³-hybridized carbons (Fsp3) is 0.588. The van der Waals surface area contributed by atoms with E-state index in [0.29, 0.717) is 11.9 Å². The van der Waals surface area contributed by atoms with Crippen LogP contribution in [0.25, 0.3) is 0 Å². The van der Waals surface area contributed by atoms with Gasteiger partial charge in [0.2, 0.25) is 6.79 Å². The maximum absolute atomic E-state index is 5.36. The molecule has 1 aromatic rings. The average Bonchev–Trinajstić information content (AvgIpc) is 3.03. The zero-order valence-electron chi connectivity index (χ0n) is 13.3. The van der Waals surface area contributed by atoms with Gasteiger partial charge in [0.1, 0.15) is 0 Å². The molecule has 3 rings (SSSR count). The topological polar surface area (TPSA) is 42.5 Å². The summed E-state index contributed by atoms with van der Waals surface area (Å²) >= 11 is 7.47. The fourth-order valence-electron chi connectivity index (χ4n) is 2.91. The molecule has 0 atom stereocenters. The maximum atomic E-state index is 5.36. The highest BCUT2D eigenvalue weighted by atomic mass is 32.2. The maximum Gasteiger partial charge on any atom is 0.231 e. The van der Waals surface area contributed by atoms with Crippen molar-refractivity contribution >= 4 is 34.8 Å². The number of hydrogen-bond donors (Lipinski definition) is 2. The summed E-state index contributed by atoms with van der Waals surface area (Å²) in [5.74, 6) is 2.76. The van der Waals surface area contributed by atoms with Crippen molar-refractivity contribution in [3.8, 4) is 11.5 Å². The normalized spacial score (nSPS) is 17.0. The van der Waals surface area contributed by atoms with Gasteiger partial charge in [-0.15, -0.1) is 0 Å². The summed E-state index contributed by atoms with van der Waals surface area (Å²) in [4.78, 5) is 0. The van der Waals surface area contributed by atoms with Gasteiger partial charge in [-0.1, -0.05) is 19.3 Å². The fourth-order valence-corrected chi connectivity index (χ4v) is 4.44. The zero-order chi connectivity index (χ0) is 15.9. The van der Waals surface area contributed by atoms with Crippen LogP contribution in [0.4, 0.5) is 5.69 Å². The minimum Gasteiger partial charge on any atom is -0.454 e. The van der Waals surface area contributed by atoms with Gasteiger partial charge in [0.15, 0.2) is 16.6 Å². The van der Waals surface area contributed by atoms with Crippen molar-refractivity contribution < 1.29 is 9.47 Å². The molecule has 0 saturated heterocycles. The van der Waals surface area contributed by atoms with Gasteiger partial charge < -0.3 is 20.1 Å². The number of hydrogen-bond acceptors (Lipinski definition) is 4. The van der Waals surface area contributed by atoms with Crippen LogP contribution in [0, 0.1) is 0 Å². The molecule has 0 spiro atoms. The quantitative estimate of drug-likeness (QED) is 0.592. The van der Waals surface area contributed by atoms with E-state index in [1.807, 2.05) is 18.2 Å². The lowest BCUT2D eigenvalue weighted by molar-refractivity contribution is 0.174. The van der Waals surface area contributed by atoms with Crippen LogP contribution in [0.1, 0.15) is 38.5 Å². The molecule has 1 fully saturated rings. The lowest BCUT2D eigenvalue weighted by Crippen LogP contribution is -2.29. The molecule has 0 bridgehead atoms. The van der Waals surface area contributed by atoms with Gasteiger partial charge in [-0.25, -0.2) is 0 Å². The van der Waals surface area contributed by atoms with Gasteiger partial charge in [0.05, 0.1) is 0 Å². The van der Waals surface area contributed by atoms with Crippen LogP contribution in [0.15, 0.2) is 18.2 Å². The third-order valence-electron chi connectivity index (χ3n) is 4.14. The summed E-state index contributed by atoms with van der Waals surface area (Å²) in [6.07, 6.45) is 8.21. The van der Waals surface area contributed by atoms with Crippen molar-refractivity contribution in [2.24, 2.45) is 0 Å². The Morgan fingerprint density at radius 3 is 2.87 bits per heavy atom. The molecule has 0 amide bonds. The first-order chi connectivity index (χ1) is 11.3. The first kappa shape index (κ1) is 16.7. The number of thiocarbonyl (C=S) groups is 1. The second-order valence-corrected chi connectivity index (χ2v) is 7.75. The van der Waals surface area contributed by atoms with Gasteiger partial charge in [0.25, 0.3) is 0 Å². The highest BCUT2D eigenvalue weighted by molar-refractivity contribution is 7.99. The Labute approximate surface area is 147 Å². The first-order valence-corrected chi connectivity index (χ1v) is 9.83. The molecule has 4 nitrogen and oxygen atoms in total. The van der Waals surface area contributed by atoms with Crippen LogP contribution in [0.2, 0.25) is 0 Å². The van der Waals surface area contributed by atoms with Gasteiger partial charge in [0, 0.05) is 23.5 Å². The van der Waals surface area contributed by atoms with Crippen LogP contribution in [-0.4, -0.2) is 29.5 Å². The molecule has 23 heavy (non-hydrogen) atoms. The van der Waals surface area contributed by atoms with Gasteiger partial charge >= 0.3 is 0 Å². The lowest BCUT2D eigenvalue weighted by Gasteiger charge is -2.20. The van der Waals surface area contributed by atoms with Crippen LogP contribution >= 0.6 is 24.0 Å². The second kappa shape index (κ2) is 8.64. The van der Waals surface area contributed by atoms with Crippen molar-refractivity contribution in [2.75, 3.05) is 24.4 Å². The minimum atomic E-state index is 0.292. The Balaban J connectivity index is 1.30. The SMILES string of the molecule is S=C(NCCCSC1CCCCC1)Nc1ccc2c(c1)OCO2. The van der Waals surface area contributed by atoms with Crippen molar-refractivity contribution in [2.45, 2.75) is 43.8 Å². The van der Waals surface area contributed by atoms with E-state index in [1.165, 1.54) is 37.9 Å². The molecule has 6 heteroatoms. The van der Waals surface area contributed by atoms with Crippen LogP contribution in [0.5, 0.6) is 11.5 Å². The predicted molar refractivity (Wildman–Crippen MR) is 101 cm³/mol. The smallest absolute Gasteiger partial charge is 0.231 e. The molecule has 2 N–H and O–H groups in total. The average molecular weight is 353 g/mol. The van der Waals surface area contributed by atoms with E-state index in [9.17, 15) is 0 Å². The van der Waals surface area contributed by atoms with Gasteiger partial charge in [-0.3, -0.25) is 0 Å². The van der Waals surface area contributed by atoms with Crippen LogP contribution in [0.3, 0.4) is 0 Å². The Hall–Kier alpha value is -1.14. The van der Waals surface area contributed by atoms with E-state index < -0.39 is 0 Å². The van der Waals surface area contributed by atoms with E-state index >= 15 is 0 Å². The minimum absolute atomic E-state index is 0.292. The molecule has 1 aromatic carbocycles. The third kappa shape index (κ3) is 5.18. The van der Waals surface area contributed by atoms with E-state index in [4.69, 9.17) is 21.7 Å². The summed E-state index contributed by atoms with van der Waals surface area (Å²) in [6, 6.07) is 5.75. The summed E-state index contributed by atoms with van der Waals surface area (Å²) in [6.45, 7) is 1.20. The third-order valence-corrected chi connectivity index (χ3v) is 5.86. The molecule has 0 unspecified atom stereocenters. The molecule has 1 aliphatic carbocycles. The van der Waals surface area contributed by atoms with E-state index in [0.717, 1.165) is 35.4 Å². The number of fused-ring (bicyclic) bond motifs is 1. The molecule has 0 radical (unpaired) electrons. The first-order valence-electron chi connectivity index (χ1n) is 8.37. The Morgan fingerprint density at radius 2 is 2.00 bits per heavy atom. The number of nitrogens with one attached hydrogen (secondary N) is 2. The highest BCUT2D eigenvalue weighted by Gasteiger charge is 2.14. The number of ether oxygens (including phenoxy) is 2. The second-order valence-electron chi connectivity index (χ2n) is 5.93. The highest BCUT2D eigenvalue weighted by Crippen LogP contribution is 2.34. The largest absolute Gasteiger partial charge is 0.454 e. The predicted octanol–water partition coefficient (Wildman–Crippen LogP) is 4.16. The molecular formula is C17H24N2O2S2. The van der Waals surface area contributed by atoms with Crippen molar-refractivity contribution in [1.29, 1.82) is 0 Å². The zero-order valence-corrected chi connectivity index (χ0v) is 14.9. The Morgan fingerprint density at radius 1 is 1.17 bits per heavy atom. The van der Waals surface area contributed by atoms with Gasteiger partial charge in [-0.2, -0.15) is 11.8 Å². The van der Waals surface area contributed by atoms with Crippen molar-refractivity contribution in [3.63, 3.8) is 0 Å². The summed E-state index contributed by atoms with van der Waals surface area (Å²) < 4.78 is 10.7.